The average molecular weight is 1380 g/mol. The fourth-order valence-electron chi connectivity index (χ4n) is 17.2. The highest BCUT2D eigenvalue weighted by molar-refractivity contribution is 7.80. The molecule has 33 heteroatoms. The zero-order chi connectivity index (χ0) is 68.7. The second kappa shape index (κ2) is 29.5. The summed E-state index contributed by atoms with van der Waals surface area (Å²) in [6.45, 7) is 11.9. The van der Waals surface area contributed by atoms with Gasteiger partial charge >= 0.3 is 10.4 Å². The van der Waals surface area contributed by atoms with Gasteiger partial charge in [0.25, 0.3) is 0 Å². The molecule has 6 aliphatic heterocycles. The van der Waals surface area contributed by atoms with E-state index in [0.29, 0.717) is 32.1 Å². The summed E-state index contributed by atoms with van der Waals surface area (Å²) in [5.74, 6) is -0.658. The number of ether oxygens (including phenoxy) is 12. The minimum atomic E-state index is -4.90. The third-order valence-electron chi connectivity index (χ3n) is 22.3. The molecule has 6 heterocycles. The summed E-state index contributed by atoms with van der Waals surface area (Å²) in [6.07, 6.45) is -45.2. The van der Waals surface area contributed by atoms with E-state index in [0.717, 1.165) is 12.0 Å². The van der Waals surface area contributed by atoms with Gasteiger partial charge in [-0.25, -0.2) is 4.18 Å². The topological polar surface area (TPSA) is 498 Å². The van der Waals surface area contributed by atoms with Crippen molar-refractivity contribution in [2.75, 3.05) is 19.8 Å². The van der Waals surface area contributed by atoms with Crippen molar-refractivity contribution in [2.24, 2.45) is 40.4 Å². The second-order valence-electron chi connectivity index (χ2n) is 29.2. The van der Waals surface area contributed by atoms with E-state index in [-0.39, 0.29) is 42.9 Å². The molecule has 9 fully saturated rings. The Kier molecular flexibility index (Phi) is 23.5. The summed E-state index contributed by atoms with van der Waals surface area (Å²) >= 11 is 0. The molecule has 0 amide bonds. The molecule has 4 aliphatic carbocycles. The molecule has 544 valence electrons. The van der Waals surface area contributed by atoms with Crippen LogP contribution in [0, 0.1) is 40.4 Å². The van der Waals surface area contributed by atoms with Crippen molar-refractivity contribution < 1.29 is 156 Å². The Morgan fingerprint density at radius 3 is 1.66 bits per heavy atom. The van der Waals surface area contributed by atoms with Crippen LogP contribution in [0.5, 0.6) is 0 Å². The lowest BCUT2D eigenvalue weighted by molar-refractivity contribution is -0.400. The van der Waals surface area contributed by atoms with E-state index in [1.807, 2.05) is 13.8 Å². The Morgan fingerprint density at radius 2 is 1.07 bits per heavy atom. The monoisotopic (exact) mass is 1380 g/mol. The van der Waals surface area contributed by atoms with Gasteiger partial charge < -0.3 is 139 Å². The van der Waals surface area contributed by atoms with Gasteiger partial charge in [0, 0.05) is 6.42 Å². The zero-order valence-electron chi connectivity index (χ0n) is 54.0. The predicted octanol–water partition coefficient (Wildman–Crippen LogP) is -4.42. The summed E-state index contributed by atoms with van der Waals surface area (Å²) in [7, 11) is -4.90. The number of aliphatic hydroxyl groups excluding tert-OH is 15. The highest BCUT2D eigenvalue weighted by Crippen LogP contribution is 2.68. The number of aliphatic hydroxyl groups is 16. The summed E-state index contributed by atoms with van der Waals surface area (Å²) in [4.78, 5) is 0. The van der Waals surface area contributed by atoms with Gasteiger partial charge in [-0.15, -0.1) is 0 Å². The zero-order valence-corrected chi connectivity index (χ0v) is 54.8. The molecule has 0 aromatic rings. The molecule has 0 radical (unpaired) electrons. The van der Waals surface area contributed by atoms with Crippen LogP contribution in [0.25, 0.3) is 0 Å². The number of fused-ring (bicyclic) bond motifs is 5. The van der Waals surface area contributed by atoms with Crippen LogP contribution in [0.3, 0.4) is 0 Å². The first-order valence-electron chi connectivity index (χ1n) is 33.0. The minimum Gasteiger partial charge on any atom is -0.394 e. The molecule has 10 rings (SSSR count). The lowest BCUT2D eigenvalue weighted by Crippen LogP contribution is -2.67. The third-order valence-corrected chi connectivity index (χ3v) is 22.8. The number of rotatable bonds is 21. The summed E-state index contributed by atoms with van der Waals surface area (Å²) in [5.41, 5.74) is -1.17. The fourth-order valence-corrected chi connectivity index (χ4v) is 17.8. The molecule has 0 aromatic carbocycles. The Morgan fingerprint density at radius 1 is 0.574 bits per heavy atom. The first-order valence-corrected chi connectivity index (χ1v) is 34.4. The molecule has 10 aliphatic rings. The Labute approximate surface area is 545 Å². The predicted molar refractivity (Wildman–Crippen MR) is 313 cm³/mol. The van der Waals surface area contributed by atoms with E-state index < -0.39 is 243 Å². The lowest BCUT2D eigenvalue weighted by atomic mass is 9.47. The SMILES string of the molecule is CC(C)CC(O)CC(C)(O)C1CCC2C3CC(OC4OC(C)C(O)C(OC5OCC(OC6OC(CO)C(O)C(O)C6OC6OC(C)C(O)C(OC7OC(CO)C(O)C7O)C6O)C(O)C5OC5OC(C)C(O)C(O)C5O)C4O)C4CC(OS(=O)(=O)O)CCC4(C)C3=CCC21C. The maximum absolute atomic E-state index is 12.5. The lowest BCUT2D eigenvalue weighted by Gasteiger charge is -2.60. The third kappa shape index (κ3) is 14.9. The summed E-state index contributed by atoms with van der Waals surface area (Å²) in [5, 5.41) is 179. The van der Waals surface area contributed by atoms with Crippen LogP contribution in [-0.4, -0.2) is 310 Å². The van der Waals surface area contributed by atoms with Crippen LogP contribution in [0.2, 0.25) is 0 Å². The molecule has 0 aromatic heterocycles. The fraction of sp³-hybridized carbons (Fsp3) is 0.967. The van der Waals surface area contributed by atoms with Crippen LogP contribution in [0.4, 0.5) is 0 Å². The molecular weight excluding hydrogens is 1280 g/mol. The van der Waals surface area contributed by atoms with Gasteiger partial charge in [0.15, 0.2) is 37.7 Å². The van der Waals surface area contributed by atoms with E-state index in [1.165, 1.54) is 20.8 Å². The molecule has 6 saturated heterocycles. The minimum absolute atomic E-state index is 0.00388. The molecule has 17 N–H and O–H groups in total. The number of hydrogen-bond acceptors (Lipinski definition) is 31. The molecule has 3 saturated carbocycles. The molecule has 32 nitrogen and oxygen atoms in total. The Hall–Kier alpha value is -1.51. The van der Waals surface area contributed by atoms with Crippen molar-refractivity contribution in [3.63, 3.8) is 0 Å². The van der Waals surface area contributed by atoms with Crippen LogP contribution in [-0.2, 0) is 71.4 Å². The molecular formula is C61H102O32S. The Bertz CT molecular complexity index is 2650. The van der Waals surface area contributed by atoms with Gasteiger partial charge in [0.2, 0.25) is 0 Å². The van der Waals surface area contributed by atoms with E-state index >= 15 is 0 Å². The van der Waals surface area contributed by atoms with E-state index in [2.05, 4.69) is 19.9 Å². The smallest absolute Gasteiger partial charge is 0.394 e. The quantitative estimate of drug-likeness (QED) is 0.0381. The highest BCUT2D eigenvalue weighted by atomic mass is 32.3. The second-order valence-corrected chi connectivity index (χ2v) is 30.2. The number of hydrogen-bond donors (Lipinski definition) is 17. The van der Waals surface area contributed by atoms with Crippen LogP contribution < -0.4 is 0 Å². The standard InChI is InChI=1S/C61H102O32S/c1-22(2)15-26(64)18-61(8,77)36-10-9-29-28-17-32(31-16-27(93-94(78,79)80)11-13-59(31,6)30(28)12-14-60(29,36)7)85-55-47(75)50(39(67)24(4)83-55)90-57-51(91-53-46(74)43(71)37(65)23(3)82-53)42(70)35(21-81-57)88-58-52(44(72)40(68)33(19-62)87-58)92-56-48(76)49(38(66)25(5)84-56)89-54-45(73)41(69)34(20-63)86-54/h12,22-29,31-58,62-77H,9-11,13-21H2,1-8H3,(H,78,79,80). The molecule has 38 unspecified atom stereocenters. The van der Waals surface area contributed by atoms with Gasteiger partial charge in [-0.05, 0) is 119 Å². The van der Waals surface area contributed by atoms with Crippen LogP contribution >= 0.6 is 0 Å². The Balaban J connectivity index is 0.903. The highest BCUT2D eigenvalue weighted by Gasteiger charge is 2.64. The van der Waals surface area contributed by atoms with Gasteiger partial charge in [-0.3, -0.25) is 4.55 Å². The average Bonchev–Trinajstić information content (AvgIpc) is 1.34. The summed E-state index contributed by atoms with van der Waals surface area (Å²) < 4.78 is 112. The first-order chi connectivity index (χ1) is 44.0. The largest absolute Gasteiger partial charge is 0.397 e. The maximum atomic E-state index is 12.5. The molecule has 38 atom stereocenters. The van der Waals surface area contributed by atoms with E-state index in [9.17, 15) is 94.7 Å². The molecule has 94 heavy (non-hydrogen) atoms. The van der Waals surface area contributed by atoms with Crippen molar-refractivity contribution in [3.05, 3.63) is 11.6 Å². The van der Waals surface area contributed by atoms with Gasteiger partial charge in [0.05, 0.1) is 62.0 Å². The molecule has 0 spiro atoms. The normalized spacial score (nSPS) is 51.9. The molecule has 0 bridgehead atoms. The maximum Gasteiger partial charge on any atom is 0.397 e. The van der Waals surface area contributed by atoms with E-state index in [1.54, 1.807) is 6.92 Å². The van der Waals surface area contributed by atoms with Crippen molar-refractivity contribution in [2.45, 2.75) is 309 Å². The number of allylic oxidation sites excluding steroid dienone is 2. The van der Waals surface area contributed by atoms with Crippen LogP contribution in [0.15, 0.2) is 11.6 Å². The van der Waals surface area contributed by atoms with E-state index in [4.69, 9.17) is 61.0 Å². The van der Waals surface area contributed by atoms with Crippen molar-refractivity contribution >= 4 is 10.4 Å². The van der Waals surface area contributed by atoms with Gasteiger partial charge in [-0.1, -0.05) is 39.3 Å². The van der Waals surface area contributed by atoms with Crippen molar-refractivity contribution in [1.29, 1.82) is 0 Å². The first kappa shape index (κ1) is 75.2. The summed E-state index contributed by atoms with van der Waals surface area (Å²) in [6, 6.07) is 0. The van der Waals surface area contributed by atoms with Crippen LogP contribution in [0.1, 0.15) is 113 Å². The van der Waals surface area contributed by atoms with Gasteiger partial charge in [-0.2, -0.15) is 8.42 Å². The van der Waals surface area contributed by atoms with Crippen molar-refractivity contribution in [3.8, 4) is 0 Å². The van der Waals surface area contributed by atoms with Crippen molar-refractivity contribution in [1.82, 2.24) is 0 Å². The van der Waals surface area contributed by atoms with Gasteiger partial charge in [0.1, 0.15) is 116 Å².